The lowest BCUT2D eigenvalue weighted by Crippen LogP contribution is -2.07. The molecule has 7 heteroatoms. The van der Waals surface area contributed by atoms with E-state index in [0.717, 1.165) is 44.8 Å². The molecule has 0 radical (unpaired) electrons. The zero-order valence-electron chi connectivity index (χ0n) is 19.2. The average molecular weight is 486 g/mol. The van der Waals surface area contributed by atoms with Crippen LogP contribution >= 0.6 is 0 Å². The van der Waals surface area contributed by atoms with Gasteiger partial charge in [0.2, 0.25) is 0 Å². The van der Waals surface area contributed by atoms with Crippen molar-refractivity contribution >= 4 is 33.3 Å². The molecule has 1 aromatic heterocycles. The Morgan fingerprint density at radius 1 is 0.944 bits per heavy atom. The summed E-state index contributed by atoms with van der Waals surface area (Å²) in [4.78, 5) is 15.3. The second-order valence-corrected chi connectivity index (χ2v) is 8.65. The van der Waals surface area contributed by atoms with E-state index < -0.39 is 17.7 Å². The van der Waals surface area contributed by atoms with Gasteiger partial charge >= 0.3 is 12.1 Å². The molecule has 5 rings (SSSR count). The van der Waals surface area contributed by atoms with Crippen LogP contribution in [0.3, 0.4) is 0 Å². The van der Waals surface area contributed by atoms with Gasteiger partial charge in [0, 0.05) is 23.8 Å². The molecule has 0 aliphatic rings. The van der Waals surface area contributed by atoms with Gasteiger partial charge in [0.15, 0.2) is 0 Å². The fourth-order valence-corrected chi connectivity index (χ4v) is 4.46. The SMILES string of the molecule is Cc1cnc2c(C(F)(F)F)cccc2c1-c1cccc(CNc2ccc3cc(C(=O)O)ccc3c2)c1. The van der Waals surface area contributed by atoms with Crippen molar-refractivity contribution in [1.82, 2.24) is 4.98 Å². The molecular weight excluding hydrogens is 465 g/mol. The lowest BCUT2D eigenvalue weighted by Gasteiger charge is -2.15. The first-order chi connectivity index (χ1) is 17.2. The molecule has 0 fully saturated rings. The quantitative estimate of drug-likeness (QED) is 0.267. The number of aromatic carboxylic acids is 1. The van der Waals surface area contributed by atoms with Crippen molar-refractivity contribution in [1.29, 1.82) is 0 Å². The molecular formula is C29H21F3N2O2. The molecule has 0 spiro atoms. The number of hydrogen-bond donors (Lipinski definition) is 2. The summed E-state index contributed by atoms with van der Waals surface area (Å²) < 4.78 is 40.7. The largest absolute Gasteiger partial charge is 0.478 e. The van der Waals surface area contributed by atoms with Crippen molar-refractivity contribution in [3.05, 3.63) is 107 Å². The molecule has 0 bridgehead atoms. The van der Waals surface area contributed by atoms with Gasteiger partial charge < -0.3 is 10.4 Å². The Labute approximate surface area is 205 Å². The number of benzene rings is 4. The van der Waals surface area contributed by atoms with Gasteiger partial charge in [-0.05, 0) is 76.3 Å². The highest BCUT2D eigenvalue weighted by Crippen LogP contribution is 2.38. The number of pyridine rings is 1. The monoisotopic (exact) mass is 486 g/mol. The summed E-state index contributed by atoms with van der Waals surface area (Å²) in [6.07, 6.45) is -3.00. The molecule has 0 unspecified atom stereocenters. The van der Waals surface area contributed by atoms with Crippen LogP contribution in [0.1, 0.15) is 27.0 Å². The number of para-hydroxylation sites is 1. The maximum Gasteiger partial charge on any atom is 0.418 e. The van der Waals surface area contributed by atoms with Crippen molar-refractivity contribution < 1.29 is 23.1 Å². The lowest BCUT2D eigenvalue weighted by atomic mass is 9.94. The predicted octanol–water partition coefficient (Wildman–Crippen LogP) is 7.69. The van der Waals surface area contributed by atoms with Crippen LogP contribution in [-0.2, 0) is 12.7 Å². The van der Waals surface area contributed by atoms with E-state index in [1.807, 2.05) is 49.4 Å². The van der Waals surface area contributed by atoms with E-state index in [2.05, 4.69) is 10.3 Å². The third kappa shape index (κ3) is 4.47. The summed E-state index contributed by atoms with van der Waals surface area (Å²) in [6.45, 7) is 2.35. The first-order valence-electron chi connectivity index (χ1n) is 11.3. The van der Waals surface area contributed by atoms with Crippen LogP contribution in [0.2, 0.25) is 0 Å². The van der Waals surface area contributed by atoms with Gasteiger partial charge in [-0.2, -0.15) is 13.2 Å². The Balaban J connectivity index is 1.45. The van der Waals surface area contributed by atoms with Gasteiger partial charge in [-0.15, -0.1) is 0 Å². The molecule has 4 aromatic carbocycles. The second kappa shape index (κ2) is 9.00. The molecule has 4 nitrogen and oxygen atoms in total. The van der Waals surface area contributed by atoms with Crippen molar-refractivity contribution in [2.45, 2.75) is 19.6 Å². The summed E-state index contributed by atoms with van der Waals surface area (Å²) in [5.41, 5.74) is 3.61. The zero-order chi connectivity index (χ0) is 25.4. The number of aromatic nitrogens is 1. The third-order valence-electron chi connectivity index (χ3n) is 6.19. The highest BCUT2D eigenvalue weighted by molar-refractivity contribution is 5.98. The first-order valence-corrected chi connectivity index (χ1v) is 11.3. The number of carbonyl (C=O) groups is 1. The van der Waals surface area contributed by atoms with Crippen molar-refractivity contribution in [3.8, 4) is 11.1 Å². The molecule has 36 heavy (non-hydrogen) atoms. The number of aryl methyl sites for hydroxylation is 1. The van der Waals surface area contributed by atoms with Crippen LogP contribution in [0, 0.1) is 6.92 Å². The van der Waals surface area contributed by atoms with E-state index in [9.17, 15) is 23.1 Å². The minimum Gasteiger partial charge on any atom is -0.478 e. The van der Waals surface area contributed by atoms with E-state index in [-0.39, 0.29) is 11.1 Å². The predicted molar refractivity (Wildman–Crippen MR) is 135 cm³/mol. The molecule has 0 amide bonds. The van der Waals surface area contributed by atoms with Crippen LogP contribution in [0.15, 0.2) is 85.1 Å². The summed E-state index contributed by atoms with van der Waals surface area (Å²) in [7, 11) is 0. The lowest BCUT2D eigenvalue weighted by molar-refractivity contribution is -0.136. The molecule has 0 saturated heterocycles. The standard InChI is InChI=1S/C29H21F3N2O2/c1-17-15-34-27-24(6-3-7-25(27)29(30,31)32)26(17)21-5-2-4-18(12-21)16-33-23-11-10-19-13-22(28(35)36)9-8-20(19)14-23/h2-15,33H,16H2,1H3,(H,35,36). The summed E-state index contributed by atoms with van der Waals surface area (Å²) in [6, 6.07) is 22.5. The smallest absolute Gasteiger partial charge is 0.418 e. The Hall–Kier alpha value is -4.39. The van der Waals surface area contributed by atoms with E-state index >= 15 is 0 Å². The average Bonchev–Trinajstić information content (AvgIpc) is 2.86. The Morgan fingerprint density at radius 3 is 2.47 bits per heavy atom. The van der Waals surface area contributed by atoms with E-state index in [1.54, 1.807) is 24.3 Å². The number of halogens is 3. The van der Waals surface area contributed by atoms with Gasteiger partial charge in [-0.1, -0.05) is 42.5 Å². The fraction of sp³-hybridized carbons (Fsp3) is 0.103. The number of carboxylic acid groups (broad SMARTS) is 1. The number of anilines is 1. The number of nitrogens with one attached hydrogen (secondary N) is 1. The van der Waals surface area contributed by atoms with Crippen molar-refractivity contribution in [2.75, 3.05) is 5.32 Å². The Kier molecular flexibility index (Phi) is 5.84. The zero-order valence-corrected chi connectivity index (χ0v) is 19.2. The molecule has 1 heterocycles. The van der Waals surface area contributed by atoms with E-state index in [1.165, 1.54) is 12.3 Å². The normalized spacial score (nSPS) is 11.7. The van der Waals surface area contributed by atoms with Crippen molar-refractivity contribution in [3.63, 3.8) is 0 Å². The third-order valence-corrected chi connectivity index (χ3v) is 6.19. The molecule has 5 aromatic rings. The number of nitrogens with zero attached hydrogens (tertiary/aromatic N) is 1. The number of alkyl halides is 3. The van der Waals surface area contributed by atoms with Crippen LogP contribution in [-0.4, -0.2) is 16.1 Å². The number of carboxylic acids is 1. The maximum atomic E-state index is 13.6. The van der Waals surface area contributed by atoms with E-state index in [4.69, 9.17) is 0 Å². The maximum absolute atomic E-state index is 13.6. The molecule has 0 saturated carbocycles. The van der Waals surface area contributed by atoms with Crippen LogP contribution < -0.4 is 5.32 Å². The number of rotatable bonds is 5. The summed E-state index contributed by atoms with van der Waals surface area (Å²) in [5, 5.41) is 14.8. The van der Waals surface area contributed by atoms with Gasteiger partial charge in [0.25, 0.3) is 0 Å². The molecule has 0 aliphatic carbocycles. The molecule has 0 atom stereocenters. The fourth-order valence-electron chi connectivity index (χ4n) is 4.46. The first kappa shape index (κ1) is 23.4. The van der Waals surface area contributed by atoms with Crippen molar-refractivity contribution in [2.24, 2.45) is 0 Å². The topological polar surface area (TPSA) is 62.2 Å². The number of fused-ring (bicyclic) bond motifs is 2. The minimum absolute atomic E-state index is 0.0589. The molecule has 0 aliphatic heterocycles. The van der Waals surface area contributed by atoms with Gasteiger partial charge in [-0.25, -0.2) is 4.79 Å². The summed E-state index contributed by atoms with van der Waals surface area (Å²) >= 11 is 0. The Morgan fingerprint density at radius 2 is 1.69 bits per heavy atom. The van der Waals surface area contributed by atoms with E-state index in [0.29, 0.717) is 11.9 Å². The molecule has 2 N–H and O–H groups in total. The van der Waals surface area contributed by atoms with Gasteiger partial charge in [-0.3, -0.25) is 4.98 Å². The highest BCUT2D eigenvalue weighted by Gasteiger charge is 2.33. The van der Waals surface area contributed by atoms with Gasteiger partial charge in [0.1, 0.15) is 0 Å². The van der Waals surface area contributed by atoms with Gasteiger partial charge in [0.05, 0.1) is 16.6 Å². The Bertz CT molecular complexity index is 1630. The highest BCUT2D eigenvalue weighted by atomic mass is 19.4. The van der Waals surface area contributed by atoms with Crippen LogP contribution in [0.5, 0.6) is 0 Å². The van der Waals surface area contributed by atoms with Crippen LogP contribution in [0.4, 0.5) is 18.9 Å². The summed E-state index contributed by atoms with van der Waals surface area (Å²) in [5.74, 6) is -0.967. The number of hydrogen-bond acceptors (Lipinski definition) is 3. The second-order valence-electron chi connectivity index (χ2n) is 8.65. The van der Waals surface area contributed by atoms with Crippen LogP contribution in [0.25, 0.3) is 32.8 Å². The minimum atomic E-state index is -4.49. The molecule has 180 valence electrons.